The summed E-state index contributed by atoms with van der Waals surface area (Å²) in [5.74, 6) is 1.41. The van der Waals surface area contributed by atoms with Crippen molar-refractivity contribution in [2.45, 2.75) is 64.6 Å². The number of hydrogen-bond donors (Lipinski definition) is 2. The molecule has 0 unspecified atom stereocenters. The maximum absolute atomic E-state index is 6.11. The molecule has 0 amide bonds. The highest BCUT2D eigenvalue weighted by molar-refractivity contribution is 14.0. The minimum atomic E-state index is -0.0759. The van der Waals surface area contributed by atoms with Gasteiger partial charge >= 0.3 is 0 Å². The van der Waals surface area contributed by atoms with Crippen molar-refractivity contribution in [2.24, 2.45) is 10.7 Å². The number of guanidine groups is 1. The van der Waals surface area contributed by atoms with E-state index in [9.17, 15) is 0 Å². The minimum Gasteiger partial charge on any atom is -0.490 e. The largest absolute Gasteiger partial charge is 0.490 e. The summed E-state index contributed by atoms with van der Waals surface area (Å²) in [5.41, 5.74) is 6.93. The predicted octanol–water partition coefficient (Wildman–Crippen LogP) is 3.83. The summed E-state index contributed by atoms with van der Waals surface area (Å²) in [4.78, 5) is 4.42. The second-order valence-corrected chi connectivity index (χ2v) is 6.71. The molecule has 5 heteroatoms. The third-order valence-corrected chi connectivity index (χ3v) is 3.49. The third kappa shape index (κ3) is 6.42. The van der Waals surface area contributed by atoms with Crippen LogP contribution in [0.5, 0.6) is 5.75 Å². The van der Waals surface area contributed by atoms with E-state index in [1.807, 2.05) is 18.2 Å². The molecule has 4 nitrogen and oxygen atoms in total. The molecule has 0 bridgehead atoms. The van der Waals surface area contributed by atoms with E-state index in [1.54, 1.807) is 0 Å². The maximum atomic E-state index is 6.11. The van der Waals surface area contributed by atoms with Crippen LogP contribution >= 0.6 is 24.0 Å². The highest BCUT2D eigenvalue weighted by Crippen LogP contribution is 2.26. The smallest absolute Gasteiger partial charge is 0.189 e. The van der Waals surface area contributed by atoms with Crippen molar-refractivity contribution in [3.63, 3.8) is 0 Å². The van der Waals surface area contributed by atoms with Crippen molar-refractivity contribution in [3.8, 4) is 5.75 Å². The molecule has 0 radical (unpaired) electrons. The van der Waals surface area contributed by atoms with E-state index in [2.05, 4.69) is 37.1 Å². The molecule has 1 aromatic carbocycles. The first-order valence-corrected chi connectivity index (χ1v) is 7.77. The van der Waals surface area contributed by atoms with Gasteiger partial charge in [0.15, 0.2) is 5.96 Å². The van der Waals surface area contributed by atoms with E-state index in [-0.39, 0.29) is 29.5 Å². The molecule has 1 fully saturated rings. The first kappa shape index (κ1) is 19.1. The first-order valence-electron chi connectivity index (χ1n) is 7.77. The molecule has 1 saturated carbocycles. The van der Waals surface area contributed by atoms with Crippen LogP contribution < -0.4 is 15.8 Å². The molecule has 1 aliphatic carbocycles. The van der Waals surface area contributed by atoms with Gasteiger partial charge in [-0.1, -0.05) is 18.2 Å². The van der Waals surface area contributed by atoms with Crippen LogP contribution in [0.15, 0.2) is 29.3 Å². The van der Waals surface area contributed by atoms with Crippen LogP contribution in [0.2, 0.25) is 0 Å². The van der Waals surface area contributed by atoms with Crippen LogP contribution in [0, 0.1) is 0 Å². The van der Waals surface area contributed by atoms with Crippen molar-refractivity contribution in [2.75, 3.05) is 0 Å². The molecule has 0 heterocycles. The fraction of sp³-hybridized carbons (Fsp3) is 0.588. The quantitative estimate of drug-likeness (QED) is 0.445. The molecule has 0 aliphatic heterocycles. The fourth-order valence-electron chi connectivity index (χ4n) is 2.53. The molecule has 124 valence electrons. The lowest BCUT2D eigenvalue weighted by atomic mass is 10.1. The molecule has 0 aromatic heterocycles. The van der Waals surface area contributed by atoms with Crippen molar-refractivity contribution in [1.82, 2.24) is 5.32 Å². The molecule has 0 spiro atoms. The van der Waals surface area contributed by atoms with Gasteiger partial charge in [-0.25, -0.2) is 4.99 Å². The molecule has 22 heavy (non-hydrogen) atoms. The van der Waals surface area contributed by atoms with E-state index < -0.39 is 0 Å². The van der Waals surface area contributed by atoms with E-state index >= 15 is 0 Å². The van der Waals surface area contributed by atoms with Gasteiger partial charge < -0.3 is 15.8 Å². The number of rotatable bonds is 4. The summed E-state index contributed by atoms with van der Waals surface area (Å²) in [6.07, 6.45) is 5.22. The summed E-state index contributed by atoms with van der Waals surface area (Å²) in [5, 5.41) is 3.17. The lowest BCUT2D eigenvalue weighted by Gasteiger charge is -2.21. The SMILES string of the molecule is CC(C)(C)NC(N)=NCc1ccccc1OC1CCCC1.I. The van der Waals surface area contributed by atoms with Gasteiger partial charge in [-0.2, -0.15) is 0 Å². The van der Waals surface area contributed by atoms with Crippen LogP contribution in [0.1, 0.15) is 52.0 Å². The number of nitrogens with zero attached hydrogens (tertiary/aromatic N) is 1. The van der Waals surface area contributed by atoms with Crippen molar-refractivity contribution < 1.29 is 4.74 Å². The van der Waals surface area contributed by atoms with E-state index in [1.165, 1.54) is 12.8 Å². The molecule has 1 aromatic rings. The van der Waals surface area contributed by atoms with Gasteiger partial charge in [0, 0.05) is 11.1 Å². The number of nitrogens with one attached hydrogen (secondary N) is 1. The first-order chi connectivity index (χ1) is 9.94. The zero-order chi connectivity index (χ0) is 15.3. The second-order valence-electron chi connectivity index (χ2n) is 6.71. The number of halogens is 1. The summed E-state index contributed by atoms with van der Waals surface area (Å²) >= 11 is 0. The Labute approximate surface area is 150 Å². The minimum absolute atomic E-state index is 0. The molecular weight excluding hydrogens is 389 g/mol. The Morgan fingerprint density at radius 1 is 1.27 bits per heavy atom. The number of benzene rings is 1. The van der Waals surface area contributed by atoms with Crippen molar-refractivity contribution >= 4 is 29.9 Å². The average Bonchev–Trinajstić information content (AvgIpc) is 2.88. The molecule has 1 aliphatic rings. The van der Waals surface area contributed by atoms with Gasteiger partial charge in [-0.15, -0.1) is 24.0 Å². The van der Waals surface area contributed by atoms with Gasteiger partial charge in [0.25, 0.3) is 0 Å². The maximum Gasteiger partial charge on any atom is 0.189 e. The van der Waals surface area contributed by atoms with Crippen LogP contribution in [0.3, 0.4) is 0 Å². The lowest BCUT2D eigenvalue weighted by molar-refractivity contribution is 0.208. The van der Waals surface area contributed by atoms with E-state index in [0.717, 1.165) is 24.2 Å². The molecular formula is C17H28IN3O. The van der Waals surface area contributed by atoms with Gasteiger partial charge in [-0.3, -0.25) is 0 Å². The Hall–Kier alpha value is -0.980. The van der Waals surface area contributed by atoms with Gasteiger partial charge in [0.1, 0.15) is 5.75 Å². The predicted molar refractivity (Wildman–Crippen MR) is 103 cm³/mol. The number of nitrogens with two attached hydrogens (primary N) is 1. The summed E-state index contributed by atoms with van der Waals surface area (Å²) in [6, 6.07) is 8.10. The highest BCUT2D eigenvalue weighted by atomic mass is 127. The van der Waals surface area contributed by atoms with Gasteiger partial charge in [0.05, 0.1) is 12.6 Å². The van der Waals surface area contributed by atoms with Crippen molar-refractivity contribution in [1.29, 1.82) is 0 Å². The Bertz CT molecular complexity index is 491. The van der Waals surface area contributed by atoms with Gasteiger partial charge in [-0.05, 0) is 52.5 Å². The zero-order valence-corrected chi connectivity index (χ0v) is 16.1. The molecule has 0 saturated heterocycles. The van der Waals surface area contributed by atoms with Crippen LogP contribution in [0.25, 0.3) is 0 Å². The lowest BCUT2D eigenvalue weighted by Crippen LogP contribution is -2.44. The highest BCUT2D eigenvalue weighted by Gasteiger charge is 2.17. The summed E-state index contributed by atoms with van der Waals surface area (Å²) in [6.45, 7) is 6.73. The monoisotopic (exact) mass is 417 g/mol. The molecule has 3 N–H and O–H groups in total. The Morgan fingerprint density at radius 3 is 2.55 bits per heavy atom. The van der Waals surface area contributed by atoms with Gasteiger partial charge in [0.2, 0.25) is 0 Å². The standard InChI is InChI=1S/C17H27N3O.HI/c1-17(2,3)20-16(18)19-12-13-8-4-7-11-15(13)21-14-9-5-6-10-14;/h4,7-8,11,14H,5-6,9-10,12H2,1-3H3,(H3,18,19,20);1H. The second kappa shape index (κ2) is 8.60. The third-order valence-electron chi connectivity index (χ3n) is 3.49. The topological polar surface area (TPSA) is 59.6 Å². The van der Waals surface area contributed by atoms with E-state index in [0.29, 0.717) is 18.6 Å². The summed E-state index contributed by atoms with van der Waals surface area (Å²) in [7, 11) is 0. The number of hydrogen-bond acceptors (Lipinski definition) is 2. The Morgan fingerprint density at radius 2 is 1.91 bits per heavy atom. The number of ether oxygens (including phenoxy) is 1. The van der Waals surface area contributed by atoms with Crippen LogP contribution in [0.4, 0.5) is 0 Å². The Kier molecular flexibility index (Phi) is 7.45. The van der Waals surface area contributed by atoms with E-state index in [4.69, 9.17) is 10.5 Å². The van der Waals surface area contributed by atoms with Crippen LogP contribution in [-0.4, -0.2) is 17.6 Å². The number of para-hydroxylation sites is 1. The van der Waals surface area contributed by atoms with Crippen molar-refractivity contribution in [3.05, 3.63) is 29.8 Å². The molecule has 0 atom stereocenters. The fourth-order valence-corrected chi connectivity index (χ4v) is 2.53. The zero-order valence-electron chi connectivity index (χ0n) is 13.8. The Balaban J connectivity index is 0.00000242. The summed E-state index contributed by atoms with van der Waals surface area (Å²) < 4.78 is 6.11. The van der Waals surface area contributed by atoms with Crippen LogP contribution in [-0.2, 0) is 6.54 Å². The average molecular weight is 417 g/mol. The normalized spacial score (nSPS) is 16.2. The number of aliphatic imine (C=N–C) groups is 1. The molecule has 2 rings (SSSR count).